The molecule has 0 saturated carbocycles. The first-order valence-electron chi connectivity index (χ1n) is 11.4. The van der Waals surface area contributed by atoms with Gasteiger partial charge in [0.05, 0.1) is 24.0 Å². The zero-order valence-corrected chi connectivity index (χ0v) is 20.4. The van der Waals surface area contributed by atoms with Crippen molar-refractivity contribution in [3.63, 3.8) is 0 Å². The van der Waals surface area contributed by atoms with Gasteiger partial charge in [0.2, 0.25) is 0 Å². The molecule has 176 valence electrons. The average molecular weight is 471 g/mol. The molecule has 0 aliphatic carbocycles. The lowest BCUT2D eigenvalue weighted by molar-refractivity contribution is -0.137. The lowest BCUT2D eigenvalue weighted by Gasteiger charge is -2.16. The first kappa shape index (κ1) is 27.7. The molecular weight excluding hydrogens is 432 g/mol. The van der Waals surface area contributed by atoms with Gasteiger partial charge in [-0.25, -0.2) is 0 Å². The van der Waals surface area contributed by atoms with Crippen molar-refractivity contribution in [2.45, 2.75) is 82.1 Å². The quantitative estimate of drug-likeness (QED) is 0.157. The normalized spacial score (nSPS) is 11.0. The first-order chi connectivity index (χ1) is 15.0. The van der Waals surface area contributed by atoms with Gasteiger partial charge in [-0.15, -0.1) is 23.5 Å². The summed E-state index contributed by atoms with van der Waals surface area (Å²) >= 11 is 3.09. The van der Waals surface area contributed by atoms with Gasteiger partial charge < -0.3 is 14.9 Å². The molecule has 0 atom stereocenters. The predicted molar refractivity (Wildman–Crippen MR) is 131 cm³/mol. The van der Waals surface area contributed by atoms with E-state index >= 15 is 0 Å². The number of ether oxygens (including phenoxy) is 1. The van der Waals surface area contributed by atoms with Gasteiger partial charge in [-0.05, 0) is 24.1 Å². The van der Waals surface area contributed by atoms with E-state index < -0.39 is 11.9 Å². The summed E-state index contributed by atoms with van der Waals surface area (Å²) in [5.74, 6) is 0.200. The fourth-order valence-electron chi connectivity index (χ4n) is 3.07. The molecule has 1 aromatic carbocycles. The number of rotatable bonds is 20. The summed E-state index contributed by atoms with van der Waals surface area (Å²) in [7, 11) is 0. The van der Waals surface area contributed by atoms with Crippen LogP contribution in [0.25, 0.3) is 0 Å². The highest BCUT2D eigenvalue weighted by Gasteiger charge is 2.14. The van der Waals surface area contributed by atoms with Crippen molar-refractivity contribution in [1.82, 2.24) is 0 Å². The van der Waals surface area contributed by atoms with Crippen LogP contribution in [0, 0.1) is 0 Å². The Bertz CT molecular complexity index is 586. The second kappa shape index (κ2) is 18.3. The molecule has 0 aromatic heterocycles. The van der Waals surface area contributed by atoms with Gasteiger partial charge in [0, 0.05) is 11.5 Å². The summed E-state index contributed by atoms with van der Waals surface area (Å²) in [6, 6.07) is 7.90. The molecule has 0 amide bonds. The van der Waals surface area contributed by atoms with Crippen LogP contribution >= 0.6 is 23.5 Å². The summed E-state index contributed by atoms with van der Waals surface area (Å²) in [4.78, 5) is 21.6. The van der Waals surface area contributed by atoms with Crippen LogP contribution in [0.15, 0.2) is 24.3 Å². The number of hydrogen-bond acceptors (Lipinski definition) is 5. The van der Waals surface area contributed by atoms with Gasteiger partial charge in [0.1, 0.15) is 5.75 Å². The van der Waals surface area contributed by atoms with Gasteiger partial charge in [-0.2, -0.15) is 0 Å². The largest absolute Gasteiger partial charge is 0.494 e. The summed E-state index contributed by atoms with van der Waals surface area (Å²) in [5.41, 5.74) is 1.06. The third-order valence-corrected chi connectivity index (χ3v) is 7.69. The van der Waals surface area contributed by atoms with Crippen LogP contribution in [0.3, 0.4) is 0 Å². The Balaban J connectivity index is 2.32. The van der Waals surface area contributed by atoms with Crippen LogP contribution in [-0.2, 0) is 9.59 Å². The van der Waals surface area contributed by atoms with Crippen molar-refractivity contribution < 1.29 is 24.5 Å². The minimum Gasteiger partial charge on any atom is -0.494 e. The highest BCUT2D eigenvalue weighted by atomic mass is 32.2. The maximum atomic E-state index is 10.8. The molecule has 1 aromatic rings. The van der Waals surface area contributed by atoms with Crippen LogP contribution in [0.1, 0.15) is 87.7 Å². The molecule has 2 N–H and O–H groups in total. The highest BCUT2D eigenvalue weighted by Crippen LogP contribution is 2.40. The highest BCUT2D eigenvalue weighted by molar-refractivity contribution is 8.16. The van der Waals surface area contributed by atoms with Crippen molar-refractivity contribution in [2.75, 3.05) is 18.1 Å². The number of aliphatic carboxylic acids is 2. The molecule has 31 heavy (non-hydrogen) atoms. The first-order valence-corrected chi connectivity index (χ1v) is 13.5. The lowest BCUT2D eigenvalue weighted by atomic mass is 10.1. The zero-order valence-electron chi connectivity index (χ0n) is 18.7. The second-order valence-electron chi connectivity index (χ2n) is 7.61. The summed E-state index contributed by atoms with van der Waals surface area (Å²) in [6.45, 7) is 2.97. The minimum absolute atomic E-state index is 0.0186. The Morgan fingerprint density at radius 2 is 1.29 bits per heavy atom. The minimum atomic E-state index is -0.818. The Hall–Kier alpha value is -1.34. The van der Waals surface area contributed by atoms with Crippen molar-refractivity contribution >= 4 is 35.5 Å². The number of hydrogen-bond donors (Lipinski definition) is 2. The van der Waals surface area contributed by atoms with Gasteiger partial charge in [0.25, 0.3) is 0 Å². The number of carboxylic acid groups (broad SMARTS) is 2. The number of unbranched alkanes of at least 4 members (excludes halogenated alkanes) is 8. The van der Waals surface area contributed by atoms with E-state index in [-0.39, 0.29) is 17.4 Å². The van der Waals surface area contributed by atoms with E-state index in [1.165, 1.54) is 51.4 Å². The Labute approximate surface area is 195 Å². The van der Waals surface area contributed by atoms with E-state index in [9.17, 15) is 9.59 Å². The molecule has 0 radical (unpaired) electrons. The molecule has 1 rings (SSSR count). The molecule has 0 spiro atoms. The molecule has 0 aliphatic heterocycles. The van der Waals surface area contributed by atoms with E-state index in [1.807, 2.05) is 24.3 Å². The SMILES string of the molecule is CCCCCCCCCCCOc1ccc(C(SCCC(=O)O)SCCC(=O)O)cc1. The monoisotopic (exact) mass is 470 g/mol. The second-order valence-corrected chi connectivity index (χ2v) is 10.3. The number of carboxylic acids is 2. The standard InChI is InChI=1S/C24H38O5S2/c1-2-3-4-5-6-7-8-9-10-17-29-21-13-11-20(12-14-21)24(30-18-15-22(25)26)31-19-16-23(27)28/h11-14,24H,2-10,15-19H2,1H3,(H,25,26)(H,27,28). The molecular formula is C24H38O5S2. The summed E-state index contributed by atoms with van der Waals surface area (Å²) in [6.07, 6.45) is 11.8. The molecule has 7 heteroatoms. The van der Waals surface area contributed by atoms with Crippen LogP contribution in [0.2, 0.25) is 0 Å². The fourth-order valence-corrected chi connectivity index (χ4v) is 5.75. The Kier molecular flexibility index (Phi) is 16.3. The van der Waals surface area contributed by atoms with E-state index in [4.69, 9.17) is 14.9 Å². The van der Waals surface area contributed by atoms with E-state index in [0.29, 0.717) is 11.5 Å². The average Bonchev–Trinajstić information content (AvgIpc) is 2.74. The van der Waals surface area contributed by atoms with Gasteiger partial charge in [0.15, 0.2) is 0 Å². The number of benzene rings is 1. The number of carbonyl (C=O) groups is 2. The van der Waals surface area contributed by atoms with E-state index in [2.05, 4.69) is 6.92 Å². The third-order valence-electron chi connectivity index (χ3n) is 4.84. The predicted octanol–water partition coefficient (Wildman–Crippen LogP) is 7.01. The summed E-state index contributed by atoms with van der Waals surface area (Å²) < 4.78 is 5.88. The van der Waals surface area contributed by atoms with Crippen LogP contribution < -0.4 is 4.74 Å². The number of thioether (sulfide) groups is 2. The third kappa shape index (κ3) is 15.2. The van der Waals surface area contributed by atoms with Gasteiger partial charge >= 0.3 is 11.9 Å². The fraction of sp³-hybridized carbons (Fsp3) is 0.667. The molecule has 0 bridgehead atoms. The summed E-state index contributed by atoms with van der Waals surface area (Å²) in [5, 5.41) is 17.7. The van der Waals surface area contributed by atoms with Crippen LogP contribution in [0.4, 0.5) is 0 Å². The molecule has 0 saturated heterocycles. The molecule has 5 nitrogen and oxygen atoms in total. The molecule has 0 unspecified atom stereocenters. The zero-order chi connectivity index (χ0) is 22.7. The van der Waals surface area contributed by atoms with E-state index in [1.54, 1.807) is 23.5 Å². The van der Waals surface area contributed by atoms with Crippen molar-refractivity contribution in [1.29, 1.82) is 0 Å². The van der Waals surface area contributed by atoms with Crippen LogP contribution in [-0.4, -0.2) is 40.3 Å². The van der Waals surface area contributed by atoms with Gasteiger partial charge in [-0.3, -0.25) is 9.59 Å². The van der Waals surface area contributed by atoms with Crippen molar-refractivity contribution in [3.8, 4) is 5.75 Å². The molecule has 0 fully saturated rings. The Morgan fingerprint density at radius 3 is 1.77 bits per heavy atom. The maximum Gasteiger partial charge on any atom is 0.304 e. The van der Waals surface area contributed by atoms with Crippen molar-refractivity contribution in [3.05, 3.63) is 29.8 Å². The lowest BCUT2D eigenvalue weighted by Crippen LogP contribution is -2.01. The Morgan fingerprint density at radius 1 is 0.806 bits per heavy atom. The van der Waals surface area contributed by atoms with E-state index in [0.717, 1.165) is 24.3 Å². The molecule has 0 heterocycles. The van der Waals surface area contributed by atoms with Gasteiger partial charge in [-0.1, -0.05) is 70.4 Å². The molecule has 0 aliphatic rings. The smallest absolute Gasteiger partial charge is 0.304 e. The van der Waals surface area contributed by atoms with Crippen LogP contribution in [0.5, 0.6) is 5.75 Å². The maximum absolute atomic E-state index is 10.8. The topological polar surface area (TPSA) is 83.8 Å². The van der Waals surface area contributed by atoms with Crippen molar-refractivity contribution in [2.24, 2.45) is 0 Å².